The van der Waals surface area contributed by atoms with E-state index in [0.717, 1.165) is 63.8 Å². The van der Waals surface area contributed by atoms with Crippen LogP contribution in [-0.4, -0.2) is 77.8 Å². The van der Waals surface area contributed by atoms with E-state index in [1.165, 1.54) is 21.6 Å². The lowest BCUT2D eigenvalue weighted by atomic mass is 9.70. The van der Waals surface area contributed by atoms with Crippen molar-refractivity contribution in [3.05, 3.63) is 89.2 Å². The Morgan fingerprint density at radius 2 is 1.56 bits per heavy atom. The van der Waals surface area contributed by atoms with Gasteiger partial charge in [0.2, 0.25) is 0 Å². The van der Waals surface area contributed by atoms with Crippen LogP contribution in [0.1, 0.15) is 79.5 Å². The lowest BCUT2D eigenvalue weighted by molar-refractivity contribution is -0.0543. The smallest absolute Gasteiger partial charge is 0.407 e. The molecule has 0 radical (unpaired) electrons. The summed E-state index contributed by atoms with van der Waals surface area (Å²) < 4.78 is 20.9. The minimum atomic E-state index is -0.905. The van der Waals surface area contributed by atoms with Gasteiger partial charge in [0.25, 0.3) is 0 Å². The van der Waals surface area contributed by atoms with E-state index in [-0.39, 0.29) is 11.6 Å². The SMILES string of the molecule is CN(CCN(C)C(=O)O)Cc1cn(C2CCCCO2)nc1C1CCC(COCc2ccccc2)(COCc2ccccc2)CC1. The van der Waals surface area contributed by atoms with Gasteiger partial charge in [-0.15, -0.1) is 0 Å². The average Bonchev–Trinajstić information content (AvgIpc) is 3.49. The molecule has 9 nitrogen and oxygen atoms in total. The molecular weight excluding hydrogens is 568 g/mol. The van der Waals surface area contributed by atoms with Crippen LogP contribution in [0.5, 0.6) is 0 Å². The largest absolute Gasteiger partial charge is 0.465 e. The van der Waals surface area contributed by atoms with Crippen molar-refractivity contribution < 1.29 is 24.1 Å². The predicted octanol–water partition coefficient (Wildman–Crippen LogP) is 6.70. The molecule has 0 bridgehead atoms. The van der Waals surface area contributed by atoms with Crippen LogP contribution in [0.15, 0.2) is 66.9 Å². The maximum atomic E-state index is 11.3. The van der Waals surface area contributed by atoms with Gasteiger partial charge in [-0.1, -0.05) is 60.7 Å². The minimum Gasteiger partial charge on any atom is -0.465 e. The lowest BCUT2D eigenvalue weighted by Crippen LogP contribution is -2.36. The fourth-order valence-corrected chi connectivity index (χ4v) is 6.53. The number of amides is 1. The first-order valence-electron chi connectivity index (χ1n) is 16.5. The fourth-order valence-electron chi connectivity index (χ4n) is 6.53. The number of aromatic nitrogens is 2. The second-order valence-corrected chi connectivity index (χ2v) is 13.0. The van der Waals surface area contributed by atoms with E-state index in [1.54, 1.807) is 7.05 Å². The summed E-state index contributed by atoms with van der Waals surface area (Å²) in [7, 11) is 3.66. The van der Waals surface area contributed by atoms with E-state index in [1.807, 2.05) is 19.2 Å². The molecule has 5 rings (SSSR count). The van der Waals surface area contributed by atoms with E-state index < -0.39 is 6.09 Å². The third-order valence-corrected chi connectivity index (χ3v) is 9.35. The van der Waals surface area contributed by atoms with Gasteiger partial charge in [0.15, 0.2) is 0 Å². The third kappa shape index (κ3) is 9.63. The molecule has 2 aliphatic rings. The summed E-state index contributed by atoms with van der Waals surface area (Å²) in [5.41, 5.74) is 4.69. The van der Waals surface area contributed by atoms with Crippen LogP contribution < -0.4 is 0 Å². The second kappa shape index (κ2) is 16.4. The topological polar surface area (TPSA) is 89.3 Å². The van der Waals surface area contributed by atoms with Crippen molar-refractivity contribution in [2.75, 3.05) is 47.0 Å². The van der Waals surface area contributed by atoms with Crippen molar-refractivity contribution in [1.29, 1.82) is 0 Å². The van der Waals surface area contributed by atoms with Crippen LogP contribution in [0.3, 0.4) is 0 Å². The number of rotatable bonds is 15. The highest BCUT2D eigenvalue weighted by molar-refractivity contribution is 5.64. The van der Waals surface area contributed by atoms with Crippen LogP contribution in [0.2, 0.25) is 0 Å². The van der Waals surface area contributed by atoms with Crippen LogP contribution in [-0.2, 0) is 34.0 Å². The summed E-state index contributed by atoms with van der Waals surface area (Å²) in [5, 5.41) is 14.5. The number of carboxylic acid groups (broad SMARTS) is 1. The molecule has 9 heteroatoms. The maximum absolute atomic E-state index is 11.3. The van der Waals surface area contributed by atoms with Crippen molar-refractivity contribution in [3.63, 3.8) is 0 Å². The predicted molar refractivity (Wildman–Crippen MR) is 174 cm³/mol. The molecule has 1 aliphatic carbocycles. The first-order valence-corrected chi connectivity index (χ1v) is 16.5. The van der Waals surface area contributed by atoms with Crippen LogP contribution in [0, 0.1) is 5.41 Å². The quantitative estimate of drug-likeness (QED) is 0.203. The van der Waals surface area contributed by atoms with Crippen molar-refractivity contribution in [1.82, 2.24) is 19.6 Å². The molecule has 1 unspecified atom stereocenters. The number of hydrogen-bond acceptors (Lipinski definition) is 6. The first-order chi connectivity index (χ1) is 21.9. The van der Waals surface area contributed by atoms with Gasteiger partial charge in [0.1, 0.15) is 6.23 Å². The van der Waals surface area contributed by atoms with E-state index in [9.17, 15) is 9.90 Å². The molecule has 0 spiro atoms. The van der Waals surface area contributed by atoms with Crippen LogP contribution >= 0.6 is 0 Å². The second-order valence-electron chi connectivity index (χ2n) is 13.0. The van der Waals surface area contributed by atoms with Crippen molar-refractivity contribution in [2.24, 2.45) is 5.41 Å². The number of ether oxygens (including phenoxy) is 3. The van der Waals surface area contributed by atoms with E-state index in [4.69, 9.17) is 19.3 Å². The molecule has 1 N–H and O–H groups in total. The summed E-state index contributed by atoms with van der Waals surface area (Å²) in [5.74, 6) is 0.344. The van der Waals surface area contributed by atoms with Crippen LogP contribution in [0.25, 0.3) is 0 Å². The summed E-state index contributed by atoms with van der Waals surface area (Å²) in [6, 6.07) is 20.7. The van der Waals surface area contributed by atoms with Crippen LogP contribution in [0.4, 0.5) is 4.79 Å². The van der Waals surface area contributed by atoms with E-state index in [2.05, 4.69) is 64.3 Å². The van der Waals surface area contributed by atoms with Gasteiger partial charge in [-0.05, 0) is 63.1 Å². The van der Waals surface area contributed by atoms with Crippen molar-refractivity contribution in [2.45, 2.75) is 76.9 Å². The molecular formula is C36H50N4O5. The zero-order valence-electron chi connectivity index (χ0n) is 27.0. The molecule has 3 aromatic rings. The van der Waals surface area contributed by atoms with Gasteiger partial charge in [0.05, 0.1) is 32.1 Å². The van der Waals surface area contributed by atoms with Gasteiger partial charge >= 0.3 is 6.09 Å². The monoisotopic (exact) mass is 618 g/mol. The average molecular weight is 619 g/mol. The normalized spacial score (nSPS) is 18.7. The van der Waals surface area contributed by atoms with Crippen molar-refractivity contribution >= 4 is 6.09 Å². The zero-order valence-corrected chi connectivity index (χ0v) is 27.0. The molecule has 1 aromatic heterocycles. The Balaban J connectivity index is 1.27. The van der Waals surface area contributed by atoms with Gasteiger partial charge in [-0.2, -0.15) is 5.10 Å². The summed E-state index contributed by atoms with van der Waals surface area (Å²) in [6.07, 6.45) is 8.53. The Morgan fingerprint density at radius 1 is 0.933 bits per heavy atom. The molecule has 2 heterocycles. The van der Waals surface area contributed by atoms with Gasteiger partial charge in [-0.25, -0.2) is 9.48 Å². The highest BCUT2D eigenvalue weighted by Gasteiger charge is 2.38. The molecule has 1 aliphatic heterocycles. The molecule has 1 amide bonds. The third-order valence-electron chi connectivity index (χ3n) is 9.35. The Hall–Kier alpha value is -3.24. The number of likely N-dealkylation sites (N-methyl/N-ethyl adjacent to an activating group) is 2. The maximum Gasteiger partial charge on any atom is 0.407 e. The Kier molecular flexibility index (Phi) is 12.0. The Labute approximate surface area is 268 Å². The van der Waals surface area contributed by atoms with Gasteiger partial charge in [0, 0.05) is 56.4 Å². The lowest BCUT2D eigenvalue weighted by Gasteiger charge is -2.40. The summed E-state index contributed by atoms with van der Waals surface area (Å²) >= 11 is 0. The Morgan fingerprint density at radius 3 is 2.11 bits per heavy atom. The molecule has 1 atom stereocenters. The molecule has 45 heavy (non-hydrogen) atoms. The molecule has 244 valence electrons. The minimum absolute atomic E-state index is 0.0184. The summed E-state index contributed by atoms with van der Waals surface area (Å²) in [4.78, 5) is 14.8. The standard InChI is InChI=1S/C36H50N4O5/c1-38(20-21-39(2)35(41)42)23-32-24-40(33-15-9-10-22-45-33)37-34(32)31-16-18-36(19-17-31,27-43-25-29-11-5-3-6-12-29)28-44-26-30-13-7-4-8-14-30/h3-8,11-14,24,31,33H,9-10,15-23,25-28H2,1-2H3,(H,41,42). The van der Waals surface area contributed by atoms with E-state index in [0.29, 0.717) is 45.4 Å². The van der Waals surface area contributed by atoms with Crippen molar-refractivity contribution in [3.8, 4) is 0 Å². The van der Waals surface area contributed by atoms with E-state index >= 15 is 0 Å². The number of hydrogen-bond donors (Lipinski definition) is 1. The first kappa shape index (κ1) is 33.1. The van der Waals surface area contributed by atoms with Gasteiger partial charge in [-0.3, -0.25) is 0 Å². The number of nitrogens with zero attached hydrogens (tertiary/aromatic N) is 4. The molecule has 1 saturated heterocycles. The molecule has 2 aromatic carbocycles. The number of carbonyl (C=O) groups is 1. The Bertz CT molecular complexity index is 1260. The highest BCUT2D eigenvalue weighted by atomic mass is 16.5. The highest BCUT2D eigenvalue weighted by Crippen LogP contribution is 2.44. The molecule has 2 fully saturated rings. The molecule has 1 saturated carbocycles. The number of benzene rings is 2. The fraction of sp³-hybridized carbons (Fsp3) is 0.556. The van der Waals surface area contributed by atoms with Gasteiger partial charge < -0.3 is 29.1 Å². The summed E-state index contributed by atoms with van der Waals surface area (Å²) in [6.45, 7) is 5.14. The zero-order chi connectivity index (χ0) is 31.5.